The first-order valence-electron chi connectivity index (χ1n) is 5.10. The molecule has 0 bridgehead atoms. The van der Waals surface area contributed by atoms with Crippen molar-refractivity contribution in [3.63, 3.8) is 0 Å². The number of pyridine rings is 1. The molecule has 3 heteroatoms. The maximum atomic E-state index is 9.19. The van der Waals surface area contributed by atoms with E-state index in [-0.39, 0.29) is 12.0 Å². The minimum absolute atomic E-state index is 0.0327. The molecule has 1 N–H and O–H groups in total. The predicted octanol–water partition coefficient (Wildman–Crippen LogP) is 2.12. The van der Waals surface area contributed by atoms with Crippen molar-refractivity contribution in [1.29, 1.82) is 0 Å². The van der Waals surface area contributed by atoms with Crippen LogP contribution in [0.2, 0.25) is 0 Å². The van der Waals surface area contributed by atoms with Gasteiger partial charge in [-0.3, -0.25) is 0 Å². The summed E-state index contributed by atoms with van der Waals surface area (Å²) in [4.78, 5) is 4.56. The summed E-state index contributed by atoms with van der Waals surface area (Å²) >= 11 is 0. The minimum Gasteiger partial charge on any atom is -0.392 e. The van der Waals surface area contributed by atoms with Crippen LogP contribution in [0.4, 0.5) is 0 Å². The molecule has 0 fully saturated rings. The fraction of sp³-hybridized carbons (Fsp3) is 0.417. The van der Waals surface area contributed by atoms with Crippen LogP contribution in [0.5, 0.6) is 0 Å². The second-order valence-electron chi connectivity index (χ2n) is 4.80. The lowest BCUT2D eigenvalue weighted by Gasteiger charge is -2.13. The largest absolute Gasteiger partial charge is 0.392 e. The van der Waals surface area contributed by atoms with E-state index in [4.69, 9.17) is 0 Å². The lowest BCUT2D eigenvalue weighted by atomic mass is 9.93. The number of hydrogen-bond donors (Lipinski definition) is 1. The second kappa shape index (κ2) is 3.35. The SMILES string of the molecule is CC(C)(C)c1cn2cccc(CO)c2n1. The van der Waals surface area contributed by atoms with E-state index >= 15 is 0 Å². The van der Waals surface area contributed by atoms with Gasteiger partial charge in [0, 0.05) is 23.4 Å². The van der Waals surface area contributed by atoms with E-state index in [1.807, 2.05) is 28.9 Å². The highest BCUT2D eigenvalue weighted by Crippen LogP contribution is 2.22. The zero-order valence-electron chi connectivity index (χ0n) is 9.36. The summed E-state index contributed by atoms with van der Waals surface area (Å²) < 4.78 is 1.96. The summed E-state index contributed by atoms with van der Waals surface area (Å²) in [6.07, 6.45) is 3.98. The smallest absolute Gasteiger partial charge is 0.142 e. The quantitative estimate of drug-likeness (QED) is 0.772. The number of nitrogens with zero attached hydrogens (tertiary/aromatic N) is 2. The van der Waals surface area contributed by atoms with Gasteiger partial charge in [-0.25, -0.2) is 4.98 Å². The molecule has 2 aromatic rings. The molecule has 0 amide bonds. The van der Waals surface area contributed by atoms with E-state index < -0.39 is 0 Å². The van der Waals surface area contributed by atoms with Gasteiger partial charge < -0.3 is 9.51 Å². The molecule has 80 valence electrons. The van der Waals surface area contributed by atoms with Gasteiger partial charge in [0.15, 0.2) is 0 Å². The molecule has 0 aliphatic rings. The highest BCUT2D eigenvalue weighted by Gasteiger charge is 2.18. The Morgan fingerprint density at radius 1 is 1.40 bits per heavy atom. The summed E-state index contributed by atoms with van der Waals surface area (Å²) in [5.41, 5.74) is 2.81. The minimum atomic E-state index is 0.0327. The predicted molar refractivity (Wildman–Crippen MR) is 59.8 cm³/mol. The van der Waals surface area contributed by atoms with Crippen LogP contribution in [-0.4, -0.2) is 14.5 Å². The van der Waals surface area contributed by atoms with Gasteiger partial charge in [0.05, 0.1) is 12.3 Å². The van der Waals surface area contributed by atoms with Gasteiger partial charge in [0.2, 0.25) is 0 Å². The number of imidazole rings is 1. The van der Waals surface area contributed by atoms with Gasteiger partial charge in [0.1, 0.15) is 5.65 Å². The van der Waals surface area contributed by atoms with Gasteiger partial charge in [-0.1, -0.05) is 26.8 Å². The van der Waals surface area contributed by atoms with E-state index in [9.17, 15) is 5.11 Å². The van der Waals surface area contributed by atoms with Crippen molar-refractivity contribution in [3.8, 4) is 0 Å². The first-order valence-corrected chi connectivity index (χ1v) is 5.10. The van der Waals surface area contributed by atoms with Crippen LogP contribution in [0, 0.1) is 0 Å². The highest BCUT2D eigenvalue weighted by atomic mass is 16.3. The molecular weight excluding hydrogens is 188 g/mol. The molecule has 3 nitrogen and oxygen atoms in total. The van der Waals surface area contributed by atoms with Gasteiger partial charge in [-0.05, 0) is 6.07 Å². The van der Waals surface area contributed by atoms with Crippen LogP contribution >= 0.6 is 0 Å². The molecular formula is C12H16N2O. The van der Waals surface area contributed by atoms with Gasteiger partial charge in [-0.2, -0.15) is 0 Å². The van der Waals surface area contributed by atoms with Gasteiger partial charge in [-0.15, -0.1) is 0 Å². The number of aromatic nitrogens is 2. The average Bonchev–Trinajstić information content (AvgIpc) is 2.59. The van der Waals surface area contributed by atoms with Crippen molar-refractivity contribution >= 4 is 5.65 Å². The molecule has 0 spiro atoms. The lowest BCUT2D eigenvalue weighted by Crippen LogP contribution is -2.11. The molecule has 0 aliphatic carbocycles. The normalized spacial score (nSPS) is 12.3. The van der Waals surface area contributed by atoms with E-state index in [1.165, 1.54) is 0 Å². The first kappa shape index (κ1) is 10.2. The number of aliphatic hydroxyl groups is 1. The van der Waals surface area contributed by atoms with Crippen molar-refractivity contribution in [1.82, 2.24) is 9.38 Å². The third-order valence-corrected chi connectivity index (χ3v) is 2.50. The van der Waals surface area contributed by atoms with Crippen LogP contribution in [0.15, 0.2) is 24.5 Å². The van der Waals surface area contributed by atoms with Crippen molar-refractivity contribution < 1.29 is 5.11 Å². The second-order valence-corrected chi connectivity index (χ2v) is 4.80. The topological polar surface area (TPSA) is 37.5 Å². The molecule has 2 heterocycles. The van der Waals surface area contributed by atoms with E-state index in [1.54, 1.807) is 0 Å². The van der Waals surface area contributed by atoms with Crippen molar-refractivity contribution in [3.05, 3.63) is 35.8 Å². The van der Waals surface area contributed by atoms with Crippen LogP contribution in [-0.2, 0) is 12.0 Å². The van der Waals surface area contributed by atoms with Gasteiger partial charge >= 0.3 is 0 Å². The summed E-state index contributed by atoms with van der Waals surface area (Å²) in [6, 6.07) is 3.82. The molecule has 0 radical (unpaired) electrons. The zero-order chi connectivity index (χ0) is 11.1. The fourth-order valence-electron chi connectivity index (χ4n) is 1.56. The molecule has 0 aromatic carbocycles. The Labute approximate surface area is 89.4 Å². The Hall–Kier alpha value is -1.35. The summed E-state index contributed by atoms with van der Waals surface area (Å²) in [5.74, 6) is 0. The molecule has 2 rings (SSSR count). The third-order valence-electron chi connectivity index (χ3n) is 2.50. The van der Waals surface area contributed by atoms with Crippen LogP contribution in [0.1, 0.15) is 32.0 Å². The standard InChI is InChI=1S/C12H16N2O/c1-12(2,3)10-7-14-6-4-5-9(8-15)11(14)13-10/h4-7,15H,8H2,1-3H3. The van der Waals surface area contributed by atoms with E-state index in [2.05, 4.69) is 25.8 Å². The van der Waals surface area contributed by atoms with Crippen molar-refractivity contribution in [2.45, 2.75) is 32.8 Å². The molecule has 15 heavy (non-hydrogen) atoms. The maximum Gasteiger partial charge on any atom is 0.142 e. The molecule has 0 atom stereocenters. The molecule has 0 saturated heterocycles. The Bertz CT molecular complexity index is 480. The van der Waals surface area contributed by atoms with Crippen LogP contribution < -0.4 is 0 Å². The Morgan fingerprint density at radius 3 is 2.73 bits per heavy atom. The fourth-order valence-corrected chi connectivity index (χ4v) is 1.56. The summed E-state index contributed by atoms with van der Waals surface area (Å²) in [7, 11) is 0. The summed E-state index contributed by atoms with van der Waals surface area (Å²) in [6.45, 7) is 6.43. The summed E-state index contributed by atoms with van der Waals surface area (Å²) in [5, 5.41) is 9.19. The average molecular weight is 204 g/mol. The number of fused-ring (bicyclic) bond motifs is 1. The lowest BCUT2D eigenvalue weighted by molar-refractivity contribution is 0.282. The maximum absolute atomic E-state index is 9.19. The molecule has 0 aliphatic heterocycles. The molecule has 0 saturated carbocycles. The van der Waals surface area contributed by atoms with Crippen LogP contribution in [0.3, 0.4) is 0 Å². The third kappa shape index (κ3) is 1.75. The Morgan fingerprint density at radius 2 is 2.13 bits per heavy atom. The Kier molecular flexibility index (Phi) is 2.27. The molecule has 2 aromatic heterocycles. The van der Waals surface area contributed by atoms with E-state index in [0.717, 1.165) is 16.9 Å². The van der Waals surface area contributed by atoms with Crippen molar-refractivity contribution in [2.24, 2.45) is 0 Å². The van der Waals surface area contributed by atoms with E-state index in [0.29, 0.717) is 0 Å². The van der Waals surface area contributed by atoms with Gasteiger partial charge in [0.25, 0.3) is 0 Å². The zero-order valence-corrected chi connectivity index (χ0v) is 9.36. The number of aliphatic hydroxyl groups excluding tert-OH is 1. The Balaban J connectivity index is 2.65. The highest BCUT2D eigenvalue weighted by molar-refractivity contribution is 5.49. The number of hydrogen-bond acceptors (Lipinski definition) is 2. The first-order chi connectivity index (χ1) is 7.02. The molecule has 0 unspecified atom stereocenters. The van der Waals surface area contributed by atoms with Crippen molar-refractivity contribution in [2.75, 3.05) is 0 Å². The van der Waals surface area contributed by atoms with Crippen LogP contribution in [0.25, 0.3) is 5.65 Å². The number of rotatable bonds is 1. The monoisotopic (exact) mass is 204 g/mol.